The number of rotatable bonds is 5. The van der Waals surface area contributed by atoms with Gasteiger partial charge in [-0.3, -0.25) is 0 Å². The maximum absolute atomic E-state index is 9.00. The number of nitrogens with one attached hydrogen (secondary N) is 1. The summed E-state index contributed by atoms with van der Waals surface area (Å²) in [7, 11) is 0. The van der Waals surface area contributed by atoms with Crippen LogP contribution in [-0.4, -0.2) is 63.1 Å². The summed E-state index contributed by atoms with van der Waals surface area (Å²) in [6.07, 6.45) is -6.15. The van der Waals surface area contributed by atoms with E-state index in [9.17, 15) is 0 Å². The summed E-state index contributed by atoms with van der Waals surface area (Å²) in [6, 6.07) is 0. The molecule has 0 aliphatic carbocycles. The first-order chi connectivity index (χ1) is 5.54. The van der Waals surface area contributed by atoms with Crippen molar-refractivity contribution in [2.75, 3.05) is 13.2 Å². The van der Waals surface area contributed by atoms with Crippen LogP contribution in [0.25, 0.3) is 5.73 Å². The lowest BCUT2D eigenvalue weighted by atomic mass is 10.0. The van der Waals surface area contributed by atoms with Gasteiger partial charge >= 0.3 is 0 Å². The Hall–Kier alpha value is -0.240. The van der Waals surface area contributed by atoms with Crippen LogP contribution in [0.5, 0.6) is 0 Å². The van der Waals surface area contributed by atoms with Gasteiger partial charge in [-0.2, -0.15) is 0 Å². The molecule has 0 spiro atoms. The normalized spacial score (nSPS) is 21.5. The van der Waals surface area contributed by atoms with Crippen molar-refractivity contribution >= 4 is 0 Å². The van der Waals surface area contributed by atoms with Crippen LogP contribution >= 0.6 is 0 Å². The second-order valence-corrected chi connectivity index (χ2v) is 2.50. The summed E-state index contributed by atoms with van der Waals surface area (Å²) in [5, 5.41) is 44.0. The van der Waals surface area contributed by atoms with Crippen molar-refractivity contribution in [2.24, 2.45) is 0 Å². The van der Waals surface area contributed by atoms with Crippen LogP contribution in [0.4, 0.5) is 0 Å². The van der Waals surface area contributed by atoms with Gasteiger partial charge in [0.05, 0.1) is 12.7 Å². The van der Waals surface area contributed by atoms with E-state index in [1.54, 1.807) is 0 Å². The highest BCUT2D eigenvalue weighted by Crippen LogP contribution is 2.04. The van der Waals surface area contributed by atoms with E-state index in [2.05, 4.69) is 0 Å². The first-order valence-corrected chi connectivity index (χ1v) is 3.52. The van der Waals surface area contributed by atoms with Crippen molar-refractivity contribution < 1.29 is 25.5 Å². The van der Waals surface area contributed by atoms with E-state index >= 15 is 0 Å². The van der Waals surface area contributed by atoms with Gasteiger partial charge in [0, 0.05) is 0 Å². The number of aliphatic hydroxyl groups is 5. The van der Waals surface area contributed by atoms with Crippen molar-refractivity contribution in [1.29, 1.82) is 0 Å². The van der Waals surface area contributed by atoms with Crippen molar-refractivity contribution in [3.8, 4) is 0 Å². The Labute approximate surface area is 69.9 Å². The van der Waals surface area contributed by atoms with Crippen LogP contribution in [-0.2, 0) is 0 Å². The molecule has 0 heterocycles. The zero-order valence-electron chi connectivity index (χ0n) is 6.46. The molecule has 0 saturated heterocycles. The molecule has 0 aliphatic rings. The predicted octanol–water partition coefficient (Wildman–Crippen LogP) is -2.53. The molecule has 6 nitrogen and oxygen atoms in total. The smallest absolute Gasteiger partial charge is 0.110 e. The van der Waals surface area contributed by atoms with E-state index in [0.29, 0.717) is 0 Å². The van der Waals surface area contributed by atoms with Crippen LogP contribution < -0.4 is 0 Å². The molecular formula is C6H14NO5-. The first-order valence-electron chi connectivity index (χ1n) is 3.52. The van der Waals surface area contributed by atoms with E-state index in [4.69, 9.17) is 31.3 Å². The molecule has 0 radical (unpaired) electrons. The highest BCUT2D eigenvalue weighted by Gasteiger charge is 2.27. The predicted molar refractivity (Wildman–Crippen MR) is 40.3 cm³/mol. The van der Waals surface area contributed by atoms with Crippen LogP contribution in [0.2, 0.25) is 0 Å². The fourth-order valence-electron chi connectivity index (χ4n) is 0.684. The second kappa shape index (κ2) is 5.41. The Morgan fingerprint density at radius 1 is 0.917 bits per heavy atom. The maximum atomic E-state index is 9.00. The van der Waals surface area contributed by atoms with Gasteiger partial charge < -0.3 is 31.3 Å². The van der Waals surface area contributed by atoms with E-state index in [0.717, 1.165) is 0 Å². The van der Waals surface area contributed by atoms with Gasteiger partial charge in [-0.1, -0.05) is 0 Å². The minimum Gasteiger partial charge on any atom is -0.675 e. The molecule has 0 aromatic rings. The number of hydrogen-bond donors (Lipinski definition) is 5. The second-order valence-electron chi connectivity index (χ2n) is 2.50. The highest BCUT2D eigenvalue weighted by molar-refractivity contribution is 4.83. The molecule has 0 aliphatic heterocycles. The number of aliphatic hydroxyl groups excluding tert-OH is 5. The van der Waals surface area contributed by atoms with E-state index in [1.807, 2.05) is 0 Å². The quantitative estimate of drug-likeness (QED) is 0.319. The Morgan fingerprint density at radius 2 is 1.33 bits per heavy atom. The van der Waals surface area contributed by atoms with E-state index in [-0.39, 0.29) is 0 Å². The molecule has 0 amide bonds. The van der Waals surface area contributed by atoms with Gasteiger partial charge in [0.1, 0.15) is 18.3 Å². The summed E-state index contributed by atoms with van der Waals surface area (Å²) in [5.74, 6) is 0. The largest absolute Gasteiger partial charge is 0.675 e. The Balaban J connectivity index is 3.99. The first kappa shape index (κ1) is 11.8. The molecule has 4 unspecified atom stereocenters. The van der Waals surface area contributed by atoms with Crippen LogP contribution in [0.15, 0.2) is 0 Å². The van der Waals surface area contributed by atoms with E-state index in [1.165, 1.54) is 0 Å². The minimum absolute atomic E-state index is 0.476. The molecule has 12 heavy (non-hydrogen) atoms. The SMILES string of the molecule is [NH-]CC(O)C(O)C(O)C(O)CO. The highest BCUT2D eigenvalue weighted by atomic mass is 16.4. The standard InChI is InChI=1S/C6H14NO5/c7-1-3(9)5(11)6(12)4(10)2-8/h3-12H,1-2H2/q-1. The number of hydrogen-bond acceptors (Lipinski definition) is 5. The molecule has 0 fully saturated rings. The van der Waals surface area contributed by atoms with Gasteiger partial charge in [0.15, 0.2) is 0 Å². The van der Waals surface area contributed by atoms with Gasteiger partial charge in [-0.15, -0.1) is 6.54 Å². The summed E-state index contributed by atoms with van der Waals surface area (Å²) in [4.78, 5) is 0. The fraction of sp³-hybridized carbons (Fsp3) is 1.00. The Kier molecular flexibility index (Phi) is 5.31. The third kappa shape index (κ3) is 3.02. The van der Waals surface area contributed by atoms with E-state index < -0.39 is 37.6 Å². The molecule has 4 atom stereocenters. The van der Waals surface area contributed by atoms with Crippen LogP contribution in [0.1, 0.15) is 0 Å². The fourth-order valence-corrected chi connectivity index (χ4v) is 0.684. The maximum Gasteiger partial charge on any atom is 0.110 e. The molecule has 0 aromatic heterocycles. The molecule has 6 heteroatoms. The lowest BCUT2D eigenvalue weighted by Crippen LogP contribution is -2.46. The lowest BCUT2D eigenvalue weighted by molar-refractivity contribution is -0.111. The van der Waals surface area contributed by atoms with Gasteiger partial charge in [0.25, 0.3) is 0 Å². The Bertz CT molecular complexity index is 109. The van der Waals surface area contributed by atoms with Gasteiger partial charge in [0.2, 0.25) is 0 Å². The van der Waals surface area contributed by atoms with Crippen molar-refractivity contribution in [2.45, 2.75) is 24.4 Å². The molecule has 6 N–H and O–H groups in total. The Morgan fingerprint density at radius 3 is 1.67 bits per heavy atom. The zero-order valence-corrected chi connectivity index (χ0v) is 6.46. The lowest BCUT2D eigenvalue weighted by Gasteiger charge is -2.26. The molecule has 0 rings (SSSR count). The monoisotopic (exact) mass is 180 g/mol. The summed E-state index contributed by atoms with van der Waals surface area (Å²) >= 11 is 0. The van der Waals surface area contributed by atoms with Crippen molar-refractivity contribution in [1.82, 2.24) is 0 Å². The van der Waals surface area contributed by atoms with Gasteiger partial charge in [-0.25, -0.2) is 0 Å². The zero-order chi connectivity index (χ0) is 9.72. The average molecular weight is 180 g/mol. The minimum atomic E-state index is -1.63. The van der Waals surface area contributed by atoms with Crippen molar-refractivity contribution in [3.63, 3.8) is 0 Å². The molecular weight excluding hydrogens is 166 g/mol. The van der Waals surface area contributed by atoms with Gasteiger partial charge in [-0.05, 0) is 0 Å². The third-order valence-corrected chi connectivity index (χ3v) is 1.53. The molecule has 74 valence electrons. The molecule has 0 saturated carbocycles. The summed E-state index contributed by atoms with van der Waals surface area (Å²) in [6.45, 7) is -1.18. The summed E-state index contributed by atoms with van der Waals surface area (Å²) in [5.41, 5.74) is 6.67. The molecule has 0 aromatic carbocycles. The van der Waals surface area contributed by atoms with Crippen LogP contribution in [0, 0.1) is 0 Å². The van der Waals surface area contributed by atoms with Crippen molar-refractivity contribution in [3.05, 3.63) is 5.73 Å². The average Bonchev–Trinajstić information content (AvgIpc) is 2.12. The topological polar surface area (TPSA) is 125 Å². The third-order valence-electron chi connectivity index (χ3n) is 1.53. The van der Waals surface area contributed by atoms with Crippen LogP contribution in [0.3, 0.4) is 0 Å². The molecule has 0 bridgehead atoms. The summed E-state index contributed by atoms with van der Waals surface area (Å²) < 4.78 is 0.